The SMILES string of the molecule is CC(C)CC(C)(O)CNC(C)c1ccc2c(c1)CCC2. The van der Waals surface area contributed by atoms with Crippen LogP contribution in [-0.2, 0) is 12.8 Å². The van der Waals surface area contributed by atoms with Gasteiger partial charge in [0.15, 0.2) is 0 Å². The standard InChI is InChI=1S/C18H29NO/c1-13(2)11-18(4,20)12-19-14(3)16-9-8-15-6-5-7-17(15)10-16/h8-10,13-14,19-20H,5-7,11-12H2,1-4H3. The molecular formula is C18H29NO. The number of benzene rings is 1. The highest BCUT2D eigenvalue weighted by Gasteiger charge is 2.22. The molecule has 2 N–H and O–H groups in total. The van der Waals surface area contributed by atoms with E-state index in [9.17, 15) is 5.11 Å². The van der Waals surface area contributed by atoms with Crippen molar-refractivity contribution in [2.45, 2.75) is 65.0 Å². The highest BCUT2D eigenvalue weighted by molar-refractivity contribution is 5.36. The Morgan fingerprint density at radius 3 is 2.60 bits per heavy atom. The first-order valence-corrected chi connectivity index (χ1v) is 7.95. The maximum Gasteiger partial charge on any atom is 0.0746 e. The van der Waals surface area contributed by atoms with E-state index >= 15 is 0 Å². The average molecular weight is 275 g/mol. The number of aliphatic hydroxyl groups is 1. The van der Waals surface area contributed by atoms with Gasteiger partial charge in [-0.05, 0) is 62.1 Å². The van der Waals surface area contributed by atoms with Gasteiger partial charge >= 0.3 is 0 Å². The van der Waals surface area contributed by atoms with Crippen LogP contribution in [-0.4, -0.2) is 17.3 Å². The lowest BCUT2D eigenvalue weighted by molar-refractivity contribution is 0.0363. The van der Waals surface area contributed by atoms with Crippen molar-refractivity contribution < 1.29 is 5.11 Å². The molecule has 0 aliphatic heterocycles. The Labute approximate surface area is 123 Å². The molecular weight excluding hydrogens is 246 g/mol. The molecule has 112 valence electrons. The van der Waals surface area contributed by atoms with Crippen LogP contribution in [0.4, 0.5) is 0 Å². The van der Waals surface area contributed by atoms with Crippen molar-refractivity contribution in [2.75, 3.05) is 6.54 Å². The lowest BCUT2D eigenvalue weighted by Gasteiger charge is -2.28. The number of fused-ring (bicyclic) bond motifs is 1. The van der Waals surface area contributed by atoms with E-state index in [0.717, 1.165) is 6.42 Å². The molecule has 0 bridgehead atoms. The molecule has 0 fully saturated rings. The maximum atomic E-state index is 10.4. The Morgan fingerprint density at radius 1 is 1.20 bits per heavy atom. The number of hydrogen-bond donors (Lipinski definition) is 2. The number of nitrogens with one attached hydrogen (secondary N) is 1. The smallest absolute Gasteiger partial charge is 0.0746 e. The van der Waals surface area contributed by atoms with Crippen molar-refractivity contribution in [1.29, 1.82) is 0 Å². The molecule has 1 aliphatic carbocycles. The molecule has 1 aliphatic rings. The molecule has 1 aromatic rings. The third-order valence-electron chi connectivity index (χ3n) is 4.26. The van der Waals surface area contributed by atoms with Crippen molar-refractivity contribution in [3.8, 4) is 0 Å². The van der Waals surface area contributed by atoms with Crippen LogP contribution in [0.15, 0.2) is 18.2 Å². The summed E-state index contributed by atoms with van der Waals surface area (Å²) in [5.41, 5.74) is 3.75. The first-order chi connectivity index (χ1) is 9.37. The van der Waals surface area contributed by atoms with E-state index in [-0.39, 0.29) is 0 Å². The molecule has 0 saturated carbocycles. The van der Waals surface area contributed by atoms with Crippen molar-refractivity contribution in [2.24, 2.45) is 5.92 Å². The average Bonchev–Trinajstić information content (AvgIpc) is 2.81. The third kappa shape index (κ3) is 4.07. The summed E-state index contributed by atoms with van der Waals surface area (Å²) in [4.78, 5) is 0. The van der Waals surface area contributed by atoms with E-state index in [1.54, 1.807) is 0 Å². The van der Waals surface area contributed by atoms with Gasteiger partial charge in [-0.15, -0.1) is 0 Å². The lowest BCUT2D eigenvalue weighted by Crippen LogP contribution is -2.39. The van der Waals surface area contributed by atoms with Crippen LogP contribution < -0.4 is 5.32 Å². The fraction of sp³-hybridized carbons (Fsp3) is 0.667. The quantitative estimate of drug-likeness (QED) is 0.831. The highest BCUT2D eigenvalue weighted by Crippen LogP contribution is 2.25. The van der Waals surface area contributed by atoms with Gasteiger partial charge in [0.1, 0.15) is 0 Å². The fourth-order valence-corrected chi connectivity index (χ4v) is 3.30. The van der Waals surface area contributed by atoms with Crippen LogP contribution in [0.3, 0.4) is 0 Å². The minimum atomic E-state index is -0.626. The molecule has 0 aromatic heterocycles. The van der Waals surface area contributed by atoms with Gasteiger partial charge in [0.2, 0.25) is 0 Å². The van der Waals surface area contributed by atoms with E-state index in [1.165, 1.54) is 36.0 Å². The molecule has 2 heteroatoms. The lowest BCUT2D eigenvalue weighted by atomic mass is 9.93. The van der Waals surface area contributed by atoms with Gasteiger partial charge in [-0.2, -0.15) is 0 Å². The summed E-state index contributed by atoms with van der Waals surface area (Å²) >= 11 is 0. The Balaban J connectivity index is 1.93. The zero-order valence-electron chi connectivity index (χ0n) is 13.4. The van der Waals surface area contributed by atoms with Crippen LogP contribution in [0.5, 0.6) is 0 Å². The normalized spacial score (nSPS) is 18.9. The van der Waals surface area contributed by atoms with Gasteiger partial charge in [0, 0.05) is 12.6 Å². The van der Waals surface area contributed by atoms with Gasteiger partial charge in [0.05, 0.1) is 5.60 Å². The van der Waals surface area contributed by atoms with Crippen molar-refractivity contribution in [1.82, 2.24) is 5.32 Å². The number of rotatable bonds is 6. The number of aryl methyl sites for hydroxylation is 2. The first-order valence-electron chi connectivity index (χ1n) is 7.95. The Kier molecular flexibility index (Phi) is 4.87. The zero-order valence-corrected chi connectivity index (χ0v) is 13.4. The highest BCUT2D eigenvalue weighted by atomic mass is 16.3. The molecule has 2 rings (SSSR count). The molecule has 0 amide bonds. The predicted molar refractivity (Wildman–Crippen MR) is 85.0 cm³/mol. The van der Waals surface area contributed by atoms with E-state index in [0.29, 0.717) is 18.5 Å². The van der Waals surface area contributed by atoms with Crippen LogP contribution in [0.1, 0.15) is 63.3 Å². The fourth-order valence-electron chi connectivity index (χ4n) is 3.30. The van der Waals surface area contributed by atoms with Gasteiger partial charge in [-0.1, -0.05) is 32.0 Å². The van der Waals surface area contributed by atoms with Gasteiger partial charge in [0.25, 0.3) is 0 Å². The van der Waals surface area contributed by atoms with Crippen molar-refractivity contribution >= 4 is 0 Å². The monoisotopic (exact) mass is 275 g/mol. The van der Waals surface area contributed by atoms with Crippen molar-refractivity contribution in [3.05, 3.63) is 34.9 Å². The summed E-state index contributed by atoms with van der Waals surface area (Å²) in [5.74, 6) is 0.516. The summed E-state index contributed by atoms with van der Waals surface area (Å²) in [6, 6.07) is 7.15. The van der Waals surface area contributed by atoms with Crippen LogP contribution in [0.25, 0.3) is 0 Å². The van der Waals surface area contributed by atoms with Crippen molar-refractivity contribution in [3.63, 3.8) is 0 Å². The van der Waals surface area contributed by atoms with E-state index < -0.39 is 5.60 Å². The molecule has 20 heavy (non-hydrogen) atoms. The summed E-state index contributed by atoms with van der Waals surface area (Å²) in [6.07, 6.45) is 4.59. The summed E-state index contributed by atoms with van der Waals surface area (Å²) in [6.45, 7) is 9.05. The molecule has 2 unspecified atom stereocenters. The van der Waals surface area contributed by atoms with Crippen LogP contribution >= 0.6 is 0 Å². The second-order valence-corrected chi connectivity index (χ2v) is 7.08. The topological polar surface area (TPSA) is 32.3 Å². The molecule has 0 spiro atoms. The Hall–Kier alpha value is -0.860. The minimum absolute atomic E-state index is 0.291. The van der Waals surface area contributed by atoms with E-state index in [2.05, 4.69) is 44.3 Å². The summed E-state index contributed by atoms with van der Waals surface area (Å²) < 4.78 is 0. The molecule has 0 saturated heterocycles. The van der Waals surface area contributed by atoms with Gasteiger partial charge < -0.3 is 10.4 Å². The largest absolute Gasteiger partial charge is 0.389 e. The van der Waals surface area contributed by atoms with Crippen LogP contribution in [0.2, 0.25) is 0 Å². The molecule has 1 aromatic carbocycles. The van der Waals surface area contributed by atoms with Gasteiger partial charge in [-0.25, -0.2) is 0 Å². The Bertz CT molecular complexity index is 451. The van der Waals surface area contributed by atoms with Gasteiger partial charge in [-0.3, -0.25) is 0 Å². The second-order valence-electron chi connectivity index (χ2n) is 7.08. The van der Waals surface area contributed by atoms with Crippen LogP contribution in [0, 0.1) is 5.92 Å². The third-order valence-corrected chi connectivity index (χ3v) is 4.26. The molecule has 0 radical (unpaired) electrons. The molecule has 2 nitrogen and oxygen atoms in total. The molecule has 2 atom stereocenters. The minimum Gasteiger partial charge on any atom is -0.389 e. The molecule has 0 heterocycles. The summed E-state index contributed by atoms with van der Waals surface area (Å²) in [7, 11) is 0. The van der Waals surface area contributed by atoms with E-state index in [4.69, 9.17) is 0 Å². The van der Waals surface area contributed by atoms with E-state index in [1.807, 2.05) is 6.92 Å². The predicted octanol–water partition coefficient (Wildman–Crippen LogP) is 3.62. The first kappa shape index (κ1) is 15.5. The zero-order chi connectivity index (χ0) is 14.8. The maximum absolute atomic E-state index is 10.4. The Morgan fingerprint density at radius 2 is 1.90 bits per heavy atom. The summed E-state index contributed by atoms with van der Waals surface area (Å²) in [5, 5.41) is 13.9. The second kappa shape index (κ2) is 6.28. The number of hydrogen-bond acceptors (Lipinski definition) is 2.